The monoisotopic (exact) mass is 173 g/mol. The molecule has 0 fully saturated rings. The number of H-pyrrole nitrogens is 1. The zero-order chi connectivity index (χ0) is 5.11. The van der Waals surface area contributed by atoms with Crippen molar-refractivity contribution < 1.29 is 0 Å². The summed E-state index contributed by atoms with van der Waals surface area (Å²) < 4.78 is 8.55. The number of nitrogens with zero attached hydrogens (tertiary/aromatic N) is 2. The topological polar surface area (TPSA) is 33.6 Å². The van der Waals surface area contributed by atoms with E-state index in [-0.39, 0.29) is 0 Å². The van der Waals surface area contributed by atoms with Crippen molar-refractivity contribution in [2.75, 3.05) is 0 Å². The Morgan fingerprint density at radius 3 is 3.00 bits per heavy atom. The Morgan fingerprint density at radius 1 is 1.86 bits per heavy atom. The van der Waals surface area contributed by atoms with Crippen LogP contribution in [0.4, 0.5) is 0 Å². The maximum absolute atomic E-state index is 5.50. The van der Waals surface area contributed by atoms with E-state index >= 15 is 0 Å². The van der Waals surface area contributed by atoms with Crippen LogP contribution in [0.25, 0.3) is 0 Å². The summed E-state index contributed by atoms with van der Waals surface area (Å²) in [7, 11) is 1.95. The van der Waals surface area contributed by atoms with Crippen LogP contribution < -0.4 is 0 Å². The lowest BCUT2D eigenvalue weighted by Gasteiger charge is -1.85. The van der Waals surface area contributed by atoms with E-state index in [1.54, 1.807) is 3.61 Å². The van der Waals surface area contributed by atoms with Crippen molar-refractivity contribution in [2.45, 2.75) is 0 Å². The molecule has 0 aliphatic heterocycles. The molecule has 0 radical (unpaired) electrons. The predicted octanol–water partition coefficient (Wildman–Crippen LogP) is 1.98. The summed E-state index contributed by atoms with van der Waals surface area (Å²) in [5.74, 6) is 0. The molecule has 40 valence electrons. The lowest BCUT2D eigenvalue weighted by atomic mass is 13.8. The molecule has 1 rings (SSSR count). The maximum Gasteiger partial charge on any atom is 0.158 e. The first kappa shape index (κ1) is 5.72. The predicted molar refractivity (Wildman–Crippen MR) is 37.0 cm³/mol. The van der Waals surface area contributed by atoms with E-state index in [1.165, 1.54) is 0 Å². The van der Waals surface area contributed by atoms with Crippen LogP contribution in [0.5, 0.6) is 0 Å². The van der Waals surface area contributed by atoms with Crippen LogP contribution >= 0.6 is 37.3 Å². The number of hydrogen-bond donors (Lipinski definition) is 1. The fraction of sp³-hybridized carbons (Fsp3) is 0. The molecule has 0 bridgehead atoms. The largest absolute Gasteiger partial charge is 0.312 e. The van der Waals surface area contributed by atoms with Crippen molar-refractivity contribution in [1.29, 1.82) is 0 Å². The van der Waals surface area contributed by atoms with E-state index in [9.17, 15) is 0 Å². The summed E-state index contributed by atoms with van der Waals surface area (Å²) in [5.41, 5.74) is 0. The summed E-state index contributed by atoms with van der Waals surface area (Å²) in [4.78, 5) is 0. The van der Waals surface area contributed by atoms with Gasteiger partial charge in [0.15, 0.2) is 8.51 Å². The van der Waals surface area contributed by atoms with Crippen molar-refractivity contribution >= 4 is 37.3 Å². The van der Waals surface area contributed by atoms with E-state index in [0.717, 1.165) is 8.51 Å². The van der Waals surface area contributed by atoms with Crippen molar-refractivity contribution in [1.82, 2.24) is 12.6 Å². The Hall–Kier alpha value is 0.590. The van der Waals surface area contributed by atoms with Gasteiger partial charge in [-0.3, -0.25) is 0 Å². The Labute approximate surface area is 50.6 Å². The van der Waals surface area contributed by atoms with Gasteiger partial charge in [0.1, 0.15) is 0 Å². The van der Waals surface area contributed by atoms with Gasteiger partial charge < -0.3 is 4.51 Å². The second-order valence-corrected chi connectivity index (χ2v) is 5.31. The van der Waals surface area contributed by atoms with Gasteiger partial charge in [0, 0.05) is 28.8 Å². The summed E-state index contributed by atoms with van der Waals surface area (Å²) in [6.07, 6.45) is 0. The Balaban J connectivity index is 3.02. The molecule has 3 nitrogen and oxygen atoms in total. The number of aromatic amines is 1. The minimum absolute atomic E-state index is 0.530. The molecule has 0 aliphatic carbocycles. The van der Waals surface area contributed by atoms with Crippen LogP contribution in [-0.2, 0) is 0 Å². The molecule has 0 saturated heterocycles. The first-order chi connectivity index (χ1) is 3.39. The molecule has 0 aromatic carbocycles. The fourth-order valence-electron chi connectivity index (χ4n) is 0.180. The van der Waals surface area contributed by atoms with Crippen molar-refractivity contribution in [2.24, 2.45) is 0 Å². The summed E-state index contributed by atoms with van der Waals surface area (Å²) >= 11 is 5.50. The molecule has 0 saturated carbocycles. The van der Waals surface area contributed by atoms with Crippen LogP contribution in [0.1, 0.15) is 0 Å². The van der Waals surface area contributed by atoms with Gasteiger partial charge in [0.2, 0.25) is 0 Å². The fourth-order valence-corrected chi connectivity index (χ4v) is 3.61. The molecular formula is H3ClN3P3. The molecule has 1 aromatic heterocycles. The third-order valence-electron chi connectivity index (χ3n) is 0.377. The van der Waals surface area contributed by atoms with Gasteiger partial charge in [0.25, 0.3) is 0 Å². The summed E-state index contributed by atoms with van der Waals surface area (Å²) in [6, 6.07) is 0. The number of nitrogens with one attached hydrogen (secondary N) is 1. The first-order valence-electron chi connectivity index (χ1n) is 1.52. The number of aromatic nitrogens is 3. The minimum Gasteiger partial charge on any atom is -0.312 e. The molecular weight excluding hydrogens is 170 g/mol. The third kappa shape index (κ3) is 1.88. The average Bonchev–Trinajstić information content (AvgIpc) is 1.69. The van der Waals surface area contributed by atoms with E-state index in [2.05, 4.69) is 9.02 Å². The molecule has 0 amide bonds. The van der Waals surface area contributed by atoms with Crippen molar-refractivity contribution in [3.05, 3.63) is 0 Å². The summed E-state index contributed by atoms with van der Waals surface area (Å²) in [5, 5.41) is 0. The van der Waals surface area contributed by atoms with Crippen LogP contribution in [0.2, 0.25) is 0 Å². The van der Waals surface area contributed by atoms with Gasteiger partial charge >= 0.3 is 0 Å². The van der Waals surface area contributed by atoms with Crippen molar-refractivity contribution in [3.8, 4) is 0 Å². The number of hydrogen-bond acceptors (Lipinski definition) is 1. The standard InChI is InChI=1S/ClH3N3P3/c1-4-6-2-5-3-7-4/h2,5-6H. The highest BCUT2D eigenvalue weighted by molar-refractivity contribution is 7.45. The van der Waals surface area contributed by atoms with Gasteiger partial charge in [0.05, 0.1) is 0 Å². The lowest BCUT2D eigenvalue weighted by Crippen LogP contribution is -1.61. The van der Waals surface area contributed by atoms with Gasteiger partial charge in [-0.25, -0.2) is 0 Å². The van der Waals surface area contributed by atoms with E-state index in [0.29, 0.717) is 17.0 Å². The molecule has 0 aliphatic rings. The van der Waals surface area contributed by atoms with Gasteiger partial charge in [-0.2, -0.15) is 8.12 Å². The Bertz CT molecular complexity index is 140. The number of rotatable bonds is 0. The third-order valence-corrected chi connectivity index (χ3v) is 3.40. The normalized spacial score (nSPS) is 12.1. The SMILES string of the molecule is Cln1pn[pH][nH][pH]1. The zero-order valence-corrected chi connectivity index (χ0v) is 6.87. The van der Waals surface area contributed by atoms with Gasteiger partial charge in [-0.05, 0) is 0 Å². The Morgan fingerprint density at radius 2 is 2.71 bits per heavy atom. The van der Waals surface area contributed by atoms with Crippen molar-refractivity contribution in [3.63, 3.8) is 0 Å². The molecule has 2 atom stereocenters. The first-order valence-corrected chi connectivity index (χ1v) is 4.55. The minimum atomic E-state index is 0.530. The molecule has 1 N–H and O–H groups in total. The van der Waals surface area contributed by atoms with Gasteiger partial charge in [-0.1, -0.05) is 0 Å². The molecule has 1 heterocycles. The smallest absolute Gasteiger partial charge is 0.158 e. The van der Waals surface area contributed by atoms with Crippen LogP contribution in [-0.4, -0.2) is 12.6 Å². The quantitative estimate of drug-likeness (QED) is 0.639. The van der Waals surface area contributed by atoms with E-state index in [4.69, 9.17) is 11.8 Å². The molecule has 2 unspecified atom stereocenters. The Kier molecular flexibility index (Phi) is 2.28. The zero-order valence-electron chi connectivity index (χ0n) is 3.22. The molecule has 7 heteroatoms. The second-order valence-electron chi connectivity index (χ2n) is 0.798. The average molecular weight is 173 g/mol. The van der Waals surface area contributed by atoms with E-state index < -0.39 is 0 Å². The summed E-state index contributed by atoms with van der Waals surface area (Å²) in [6.45, 7) is 0. The second kappa shape index (κ2) is 2.79. The van der Waals surface area contributed by atoms with Gasteiger partial charge in [-0.15, -0.1) is 0 Å². The van der Waals surface area contributed by atoms with Crippen LogP contribution in [0.3, 0.4) is 0 Å². The molecule has 7 heavy (non-hydrogen) atoms. The highest BCUT2D eigenvalue weighted by Gasteiger charge is 1.71. The highest BCUT2D eigenvalue weighted by Crippen LogP contribution is 2.12. The number of halogens is 1. The molecule has 1 aromatic rings. The van der Waals surface area contributed by atoms with E-state index in [1.807, 2.05) is 0 Å². The maximum atomic E-state index is 5.50. The van der Waals surface area contributed by atoms with Crippen LogP contribution in [0.15, 0.2) is 0 Å². The lowest BCUT2D eigenvalue weighted by molar-refractivity contribution is 1.59. The molecule has 0 spiro atoms. The highest BCUT2D eigenvalue weighted by atomic mass is 35.5. The van der Waals surface area contributed by atoms with Crippen LogP contribution in [0, 0.1) is 0 Å².